The molecule has 1 aromatic rings. The second-order valence-electron chi connectivity index (χ2n) is 6.12. The summed E-state index contributed by atoms with van der Waals surface area (Å²) in [6.07, 6.45) is 4.13. The highest BCUT2D eigenvalue weighted by molar-refractivity contribution is 7.80. The zero-order chi connectivity index (χ0) is 15.1. The van der Waals surface area contributed by atoms with E-state index in [-0.39, 0.29) is 0 Å². The van der Waals surface area contributed by atoms with Crippen LogP contribution in [0.15, 0.2) is 18.3 Å². The van der Waals surface area contributed by atoms with Gasteiger partial charge in [0.2, 0.25) is 0 Å². The lowest BCUT2D eigenvalue weighted by atomic mass is 10.1. The minimum Gasteiger partial charge on any atom is -0.389 e. The van der Waals surface area contributed by atoms with Crippen molar-refractivity contribution in [2.24, 2.45) is 17.6 Å². The van der Waals surface area contributed by atoms with Gasteiger partial charge in [0.05, 0.1) is 0 Å². The first-order chi connectivity index (χ1) is 9.40. The summed E-state index contributed by atoms with van der Waals surface area (Å²) in [5.41, 5.74) is 6.44. The first kappa shape index (κ1) is 16.9. The Kier molecular flexibility index (Phi) is 6.93. The van der Waals surface area contributed by atoms with E-state index in [4.69, 9.17) is 18.0 Å². The van der Waals surface area contributed by atoms with E-state index in [9.17, 15) is 0 Å². The fourth-order valence-electron chi connectivity index (χ4n) is 1.89. The van der Waals surface area contributed by atoms with Gasteiger partial charge in [0.1, 0.15) is 10.8 Å². The minimum absolute atomic E-state index is 0.403. The van der Waals surface area contributed by atoms with Crippen molar-refractivity contribution in [3.8, 4) is 0 Å². The maximum Gasteiger partial charge on any atom is 0.128 e. The van der Waals surface area contributed by atoms with E-state index in [0.29, 0.717) is 16.8 Å². The van der Waals surface area contributed by atoms with Crippen LogP contribution < -0.4 is 10.6 Å². The van der Waals surface area contributed by atoms with E-state index in [1.165, 1.54) is 12.8 Å². The van der Waals surface area contributed by atoms with E-state index in [1.54, 1.807) is 6.20 Å². The molecule has 0 unspecified atom stereocenters. The predicted octanol–water partition coefficient (Wildman–Crippen LogP) is 3.61. The molecule has 0 spiro atoms. The standard InChI is InChI=1S/C16H27N3S/c1-12(2)7-9-19(10-8-13(3)4)15-6-5-14(11-18-15)16(17)20/h5-6,11-13H,7-10H2,1-4H3,(H2,17,20). The van der Waals surface area contributed by atoms with Crippen LogP contribution in [0.2, 0.25) is 0 Å². The van der Waals surface area contributed by atoms with Crippen LogP contribution in [0.4, 0.5) is 5.82 Å². The third kappa shape index (κ3) is 5.87. The Labute approximate surface area is 128 Å². The topological polar surface area (TPSA) is 42.1 Å². The fraction of sp³-hybridized carbons (Fsp3) is 0.625. The molecule has 0 aliphatic rings. The van der Waals surface area contributed by atoms with Crippen molar-refractivity contribution in [3.05, 3.63) is 23.9 Å². The van der Waals surface area contributed by atoms with E-state index in [2.05, 4.69) is 37.6 Å². The number of aromatic nitrogens is 1. The lowest BCUT2D eigenvalue weighted by Gasteiger charge is -2.25. The number of hydrogen-bond donors (Lipinski definition) is 1. The van der Waals surface area contributed by atoms with Gasteiger partial charge < -0.3 is 10.6 Å². The molecule has 0 aromatic carbocycles. The van der Waals surface area contributed by atoms with Crippen molar-refractivity contribution >= 4 is 23.0 Å². The van der Waals surface area contributed by atoms with Crippen LogP contribution in [-0.2, 0) is 0 Å². The molecule has 1 rings (SSSR count). The van der Waals surface area contributed by atoms with Gasteiger partial charge in [-0.05, 0) is 36.8 Å². The molecule has 0 saturated heterocycles. The average molecular weight is 293 g/mol. The summed E-state index contributed by atoms with van der Waals surface area (Å²) in [5, 5.41) is 0. The molecule has 4 heteroatoms. The summed E-state index contributed by atoms with van der Waals surface area (Å²) in [4.78, 5) is 7.28. The molecular weight excluding hydrogens is 266 g/mol. The molecule has 0 radical (unpaired) electrons. The van der Waals surface area contributed by atoms with Gasteiger partial charge in [-0.2, -0.15) is 0 Å². The maximum atomic E-state index is 5.61. The van der Waals surface area contributed by atoms with Gasteiger partial charge in [-0.1, -0.05) is 39.9 Å². The van der Waals surface area contributed by atoms with Crippen LogP contribution in [0.25, 0.3) is 0 Å². The summed E-state index contributed by atoms with van der Waals surface area (Å²) >= 11 is 4.97. The van der Waals surface area contributed by atoms with Gasteiger partial charge in [0, 0.05) is 24.8 Å². The number of nitrogens with two attached hydrogens (primary N) is 1. The predicted molar refractivity (Wildman–Crippen MR) is 91.2 cm³/mol. The molecule has 0 aliphatic heterocycles. The molecule has 20 heavy (non-hydrogen) atoms. The molecule has 2 N–H and O–H groups in total. The molecule has 0 bridgehead atoms. The second kappa shape index (κ2) is 8.20. The van der Waals surface area contributed by atoms with E-state index < -0.39 is 0 Å². The van der Waals surface area contributed by atoms with E-state index >= 15 is 0 Å². The Morgan fingerprint density at radius 2 is 1.70 bits per heavy atom. The second-order valence-corrected chi connectivity index (χ2v) is 6.56. The SMILES string of the molecule is CC(C)CCN(CCC(C)C)c1ccc(C(N)=S)cn1. The summed E-state index contributed by atoms with van der Waals surface area (Å²) in [5.74, 6) is 2.42. The van der Waals surface area contributed by atoms with Crippen molar-refractivity contribution < 1.29 is 0 Å². The van der Waals surface area contributed by atoms with Crippen LogP contribution in [0.1, 0.15) is 46.1 Å². The lowest BCUT2D eigenvalue weighted by molar-refractivity contribution is 0.533. The maximum absolute atomic E-state index is 5.61. The minimum atomic E-state index is 0.403. The summed E-state index contributed by atoms with van der Waals surface area (Å²) in [6.45, 7) is 11.1. The van der Waals surface area contributed by atoms with Gasteiger partial charge in [0.15, 0.2) is 0 Å². The number of rotatable bonds is 8. The van der Waals surface area contributed by atoms with Crippen LogP contribution >= 0.6 is 12.2 Å². The lowest BCUT2D eigenvalue weighted by Crippen LogP contribution is -2.28. The Bertz CT molecular complexity index is 400. The molecule has 1 heterocycles. The van der Waals surface area contributed by atoms with Gasteiger partial charge in [0.25, 0.3) is 0 Å². The third-order valence-electron chi connectivity index (χ3n) is 3.31. The van der Waals surface area contributed by atoms with E-state index in [0.717, 1.165) is 24.5 Å². The summed E-state index contributed by atoms with van der Waals surface area (Å²) in [6, 6.07) is 3.98. The van der Waals surface area contributed by atoms with E-state index in [1.807, 2.05) is 12.1 Å². The third-order valence-corrected chi connectivity index (χ3v) is 3.54. The van der Waals surface area contributed by atoms with Crippen LogP contribution in [-0.4, -0.2) is 23.1 Å². The van der Waals surface area contributed by atoms with Crippen molar-refractivity contribution in [1.82, 2.24) is 4.98 Å². The molecule has 1 aromatic heterocycles. The van der Waals surface area contributed by atoms with Crippen LogP contribution in [0.5, 0.6) is 0 Å². The highest BCUT2D eigenvalue weighted by Crippen LogP contribution is 2.15. The van der Waals surface area contributed by atoms with Crippen molar-refractivity contribution in [1.29, 1.82) is 0 Å². The Hall–Kier alpha value is -1.16. The number of anilines is 1. The zero-order valence-electron chi connectivity index (χ0n) is 13.1. The van der Waals surface area contributed by atoms with Crippen molar-refractivity contribution in [3.63, 3.8) is 0 Å². The fourth-order valence-corrected chi connectivity index (χ4v) is 2.01. The normalized spacial score (nSPS) is 11.1. The summed E-state index contributed by atoms with van der Waals surface area (Å²) in [7, 11) is 0. The first-order valence-corrected chi connectivity index (χ1v) is 7.81. The summed E-state index contributed by atoms with van der Waals surface area (Å²) < 4.78 is 0. The van der Waals surface area contributed by atoms with Crippen LogP contribution in [0.3, 0.4) is 0 Å². The molecule has 0 atom stereocenters. The number of nitrogens with zero attached hydrogens (tertiary/aromatic N) is 2. The van der Waals surface area contributed by atoms with Gasteiger partial charge >= 0.3 is 0 Å². The van der Waals surface area contributed by atoms with Crippen molar-refractivity contribution in [2.75, 3.05) is 18.0 Å². The number of thiocarbonyl (C=S) groups is 1. The monoisotopic (exact) mass is 293 g/mol. The molecule has 0 amide bonds. The Morgan fingerprint density at radius 1 is 1.15 bits per heavy atom. The quantitative estimate of drug-likeness (QED) is 0.743. The largest absolute Gasteiger partial charge is 0.389 e. The highest BCUT2D eigenvalue weighted by Gasteiger charge is 2.10. The van der Waals surface area contributed by atoms with Crippen molar-refractivity contribution in [2.45, 2.75) is 40.5 Å². The first-order valence-electron chi connectivity index (χ1n) is 7.41. The van der Waals surface area contributed by atoms with Gasteiger partial charge in [-0.3, -0.25) is 0 Å². The van der Waals surface area contributed by atoms with Gasteiger partial charge in [-0.15, -0.1) is 0 Å². The number of hydrogen-bond acceptors (Lipinski definition) is 3. The molecule has 0 saturated carbocycles. The number of pyridine rings is 1. The molecule has 0 fully saturated rings. The van der Waals surface area contributed by atoms with Gasteiger partial charge in [-0.25, -0.2) is 4.98 Å². The molecule has 3 nitrogen and oxygen atoms in total. The molecule has 112 valence electrons. The molecule has 0 aliphatic carbocycles. The Balaban J connectivity index is 2.76. The average Bonchev–Trinajstić information content (AvgIpc) is 2.38. The van der Waals surface area contributed by atoms with Crippen LogP contribution in [0, 0.1) is 11.8 Å². The Morgan fingerprint density at radius 3 is 2.05 bits per heavy atom. The zero-order valence-corrected chi connectivity index (χ0v) is 13.9. The smallest absolute Gasteiger partial charge is 0.128 e. The highest BCUT2D eigenvalue weighted by atomic mass is 32.1. The molecular formula is C16H27N3S.